The Morgan fingerprint density at radius 2 is 2.35 bits per heavy atom. The van der Waals surface area contributed by atoms with Crippen molar-refractivity contribution in [2.45, 2.75) is 44.3 Å². The van der Waals surface area contributed by atoms with Gasteiger partial charge in [0.25, 0.3) is 0 Å². The molecule has 0 aromatic rings. The topological polar surface area (TPSA) is 44.4 Å². The number of terminal acetylenes is 1. The fraction of sp³-hybridized carbons (Fsp3) is 0.769. The Morgan fingerprint density at radius 3 is 3.12 bits per heavy atom. The van der Waals surface area contributed by atoms with Crippen LogP contribution in [0.15, 0.2) is 0 Å². The lowest BCUT2D eigenvalue weighted by Crippen LogP contribution is -2.50. The predicted molar refractivity (Wildman–Crippen MR) is 67.4 cm³/mol. The standard InChI is InChI=1S/C13H21N3O/c1-3-7-14-13(17)10(2)15-11-6-9-16-8-4-5-12(11)16/h1,10-12,15H,4-9H2,2H3,(H,14,17). The van der Waals surface area contributed by atoms with Gasteiger partial charge in [-0.25, -0.2) is 0 Å². The Kier molecular flexibility index (Phi) is 4.03. The zero-order chi connectivity index (χ0) is 12.3. The molecule has 17 heavy (non-hydrogen) atoms. The third-order valence-electron chi connectivity index (χ3n) is 3.83. The first-order valence-corrected chi connectivity index (χ1v) is 6.43. The molecular weight excluding hydrogens is 214 g/mol. The highest BCUT2D eigenvalue weighted by Gasteiger charge is 2.37. The van der Waals surface area contributed by atoms with Gasteiger partial charge in [0.1, 0.15) is 0 Å². The summed E-state index contributed by atoms with van der Waals surface area (Å²) in [7, 11) is 0. The highest BCUT2D eigenvalue weighted by atomic mass is 16.2. The van der Waals surface area contributed by atoms with Crippen molar-refractivity contribution in [2.24, 2.45) is 0 Å². The minimum absolute atomic E-state index is 0.000558. The summed E-state index contributed by atoms with van der Waals surface area (Å²) in [5.74, 6) is 2.42. The van der Waals surface area contributed by atoms with Gasteiger partial charge in [0.05, 0.1) is 12.6 Å². The fourth-order valence-electron chi connectivity index (χ4n) is 2.96. The van der Waals surface area contributed by atoms with Crippen molar-refractivity contribution < 1.29 is 4.79 Å². The normalized spacial score (nSPS) is 29.6. The molecule has 0 aromatic heterocycles. The summed E-state index contributed by atoms with van der Waals surface area (Å²) in [6, 6.07) is 0.941. The summed E-state index contributed by atoms with van der Waals surface area (Å²) in [5.41, 5.74) is 0. The van der Waals surface area contributed by atoms with Crippen molar-refractivity contribution >= 4 is 5.91 Å². The molecule has 3 unspecified atom stereocenters. The molecule has 0 saturated carbocycles. The second kappa shape index (κ2) is 5.52. The lowest BCUT2D eigenvalue weighted by molar-refractivity contribution is -0.122. The monoisotopic (exact) mass is 235 g/mol. The summed E-state index contributed by atoms with van der Waals surface area (Å²) in [4.78, 5) is 14.2. The SMILES string of the molecule is C#CCNC(=O)C(C)NC1CCN2CCCC12. The Hall–Kier alpha value is -1.05. The molecule has 1 amide bonds. The number of amides is 1. The number of rotatable bonds is 4. The van der Waals surface area contributed by atoms with E-state index in [1.807, 2.05) is 6.92 Å². The average molecular weight is 235 g/mol. The Bertz CT molecular complexity index is 323. The molecule has 0 aliphatic carbocycles. The van der Waals surface area contributed by atoms with Crippen LogP contribution in [0.3, 0.4) is 0 Å². The van der Waals surface area contributed by atoms with Gasteiger partial charge in [-0.3, -0.25) is 9.69 Å². The van der Waals surface area contributed by atoms with E-state index in [1.54, 1.807) is 0 Å². The van der Waals surface area contributed by atoms with Crippen LogP contribution in [-0.2, 0) is 4.79 Å². The number of nitrogens with zero attached hydrogens (tertiary/aromatic N) is 1. The van der Waals surface area contributed by atoms with Crippen molar-refractivity contribution in [3.63, 3.8) is 0 Å². The molecule has 0 spiro atoms. The van der Waals surface area contributed by atoms with E-state index < -0.39 is 0 Å². The van der Waals surface area contributed by atoms with Gasteiger partial charge >= 0.3 is 0 Å². The van der Waals surface area contributed by atoms with E-state index in [1.165, 1.54) is 25.9 Å². The van der Waals surface area contributed by atoms with Crippen molar-refractivity contribution in [2.75, 3.05) is 19.6 Å². The number of carbonyl (C=O) groups excluding carboxylic acids is 1. The number of fused-ring (bicyclic) bond motifs is 1. The first-order chi connectivity index (χ1) is 8.22. The first-order valence-electron chi connectivity index (χ1n) is 6.43. The molecule has 2 saturated heterocycles. The Morgan fingerprint density at radius 1 is 1.53 bits per heavy atom. The van der Waals surface area contributed by atoms with E-state index in [4.69, 9.17) is 6.42 Å². The highest BCUT2D eigenvalue weighted by molar-refractivity contribution is 5.81. The van der Waals surface area contributed by atoms with Crippen LogP contribution < -0.4 is 10.6 Å². The van der Waals surface area contributed by atoms with Crippen LogP contribution in [0.4, 0.5) is 0 Å². The second-order valence-electron chi connectivity index (χ2n) is 4.95. The zero-order valence-electron chi connectivity index (χ0n) is 10.4. The van der Waals surface area contributed by atoms with Crippen molar-refractivity contribution in [1.82, 2.24) is 15.5 Å². The second-order valence-corrected chi connectivity index (χ2v) is 4.95. The predicted octanol–water partition coefficient (Wildman–Crippen LogP) is -0.0494. The lowest BCUT2D eigenvalue weighted by atomic mass is 10.1. The summed E-state index contributed by atoms with van der Waals surface area (Å²) in [6.45, 7) is 4.61. The number of hydrogen-bond donors (Lipinski definition) is 2. The maximum Gasteiger partial charge on any atom is 0.237 e. The first kappa shape index (κ1) is 12.4. The van der Waals surface area contributed by atoms with Gasteiger partial charge in [-0.1, -0.05) is 5.92 Å². The Balaban J connectivity index is 1.80. The van der Waals surface area contributed by atoms with Gasteiger partial charge < -0.3 is 10.6 Å². The zero-order valence-corrected chi connectivity index (χ0v) is 10.4. The molecular formula is C13H21N3O. The maximum absolute atomic E-state index is 11.7. The van der Waals surface area contributed by atoms with Crippen LogP contribution in [0.1, 0.15) is 26.2 Å². The molecule has 3 atom stereocenters. The van der Waals surface area contributed by atoms with Gasteiger partial charge in [-0.15, -0.1) is 6.42 Å². The molecule has 0 radical (unpaired) electrons. The maximum atomic E-state index is 11.7. The van der Waals surface area contributed by atoms with Crippen LogP contribution in [0.25, 0.3) is 0 Å². The van der Waals surface area contributed by atoms with E-state index in [-0.39, 0.29) is 11.9 Å². The van der Waals surface area contributed by atoms with Gasteiger partial charge in [-0.2, -0.15) is 0 Å². The molecule has 2 N–H and O–H groups in total. The van der Waals surface area contributed by atoms with Gasteiger partial charge in [0.2, 0.25) is 5.91 Å². The van der Waals surface area contributed by atoms with E-state index in [9.17, 15) is 4.79 Å². The fourth-order valence-corrected chi connectivity index (χ4v) is 2.96. The molecule has 2 rings (SSSR count). The molecule has 2 heterocycles. The molecule has 94 valence electrons. The highest BCUT2D eigenvalue weighted by Crippen LogP contribution is 2.28. The minimum atomic E-state index is -0.158. The largest absolute Gasteiger partial charge is 0.344 e. The third-order valence-corrected chi connectivity index (χ3v) is 3.83. The van der Waals surface area contributed by atoms with Gasteiger partial charge in [0, 0.05) is 18.6 Å². The number of carbonyl (C=O) groups is 1. The molecule has 4 heteroatoms. The van der Waals surface area contributed by atoms with Crippen molar-refractivity contribution in [3.8, 4) is 12.3 Å². The van der Waals surface area contributed by atoms with Crippen LogP contribution in [-0.4, -0.2) is 48.6 Å². The van der Waals surface area contributed by atoms with E-state index >= 15 is 0 Å². The lowest BCUT2D eigenvalue weighted by Gasteiger charge is -2.24. The van der Waals surface area contributed by atoms with E-state index in [0.717, 1.165) is 6.42 Å². The minimum Gasteiger partial charge on any atom is -0.344 e. The smallest absolute Gasteiger partial charge is 0.237 e. The molecule has 2 aliphatic heterocycles. The Labute approximate surface area is 103 Å². The van der Waals surface area contributed by atoms with E-state index in [0.29, 0.717) is 18.6 Å². The molecule has 2 fully saturated rings. The summed E-state index contributed by atoms with van der Waals surface area (Å²) in [5, 5.41) is 6.15. The summed E-state index contributed by atoms with van der Waals surface area (Å²) >= 11 is 0. The summed E-state index contributed by atoms with van der Waals surface area (Å²) in [6.07, 6.45) is 8.82. The average Bonchev–Trinajstić information content (AvgIpc) is 2.90. The number of nitrogens with one attached hydrogen (secondary N) is 2. The van der Waals surface area contributed by atoms with Crippen molar-refractivity contribution in [1.29, 1.82) is 0 Å². The van der Waals surface area contributed by atoms with Crippen LogP contribution in [0.2, 0.25) is 0 Å². The van der Waals surface area contributed by atoms with Crippen LogP contribution in [0.5, 0.6) is 0 Å². The van der Waals surface area contributed by atoms with Gasteiger partial charge in [-0.05, 0) is 32.7 Å². The van der Waals surface area contributed by atoms with E-state index in [2.05, 4.69) is 21.5 Å². The number of hydrogen-bond acceptors (Lipinski definition) is 3. The molecule has 0 aromatic carbocycles. The quantitative estimate of drug-likeness (QED) is 0.672. The molecule has 2 aliphatic rings. The van der Waals surface area contributed by atoms with Gasteiger partial charge in [0.15, 0.2) is 0 Å². The van der Waals surface area contributed by atoms with Crippen LogP contribution >= 0.6 is 0 Å². The summed E-state index contributed by atoms with van der Waals surface area (Å²) < 4.78 is 0. The van der Waals surface area contributed by atoms with Crippen LogP contribution in [0, 0.1) is 12.3 Å². The molecule has 0 bridgehead atoms. The third kappa shape index (κ3) is 2.80. The molecule has 4 nitrogen and oxygen atoms in total. The van der Waals surface area contributed by atoms with Crippen molar-refractivity contribution in [3.05, 3.63) is 0 Å².